The van der Waals surface area contributed by atoms with Gasteiger partial charge in [0.1, 0.15) is 0 Å². The van der Waals surface area contributed by atoms with Crippen LogP contribution in [0.2, 0.25) is 0 Å². The molecule has 0 saturated heterocycles. The molecular formula is C21H27NOS2. The van der Waals surface area contributed by atoms with E-state index in [4.69, 9.17) is 12.6 Å². The molecule has 0 aliphatic heterocycles. The number of thiophene rings is 1. The van der Waals surface area contributed by atoms with E-state index in [0.29, 0.717) is 0 Å². The van der Waals surface area contributed by atoms with Crippen molar-refractivity contribution in [1.82, 2.24) is 0 Å². The summed E-state index contributed by atoms with van der Waals surface area (Å²) in [6.07, 6.45) is 4.35. The molecule has 0 atom stereocenters. The molecule has 0 radical (unpaired) electrons. The molecule has 2 aromatic rings. The highest BCUT2D eigenvalue weighted by molar-refractivity contribution is 7.83. The number of hydrogen-bond donors (Lipinski definition) is 1. The van der Waals surface area contributed by atoms with Crippen LogP contribution in [0.1, 0.15) is 46.5 Å². The molecule has 2 nitrogen and oxygen atoms in total. The van der Waals surface area contributed by atoms with E-state index in [1.807, 2.05) is 23.1 Å². The third kappa shape index (κ3) is 4.12. The average Bonchev–Trinajstić information content (AvgIpc) is 2.98. The molecule has 4 heteroatoms. The predicted octanol–water partition coefficient (Wildman–Crippen LogP) is 6.27. The molecule has 1 amide bonds. The van der Waals surface area contributed by atoms with E-state index in [-0.39, 0.29) is 17.9 Å². The first-order valence-electron chi connectivity index (χ1n) is 9.18. The van der Waals surface area contributed by atoms with E-state index >= 15 is 0 Å². The highest BCUT2D eigenvalue weighted by Gasteiger charge is 2.31. The molecule has 1 aliphatic rings. The van der Waals surface area contributed by atoms with Gasteiger partial charge in [-0.05, 0) is 57.1 Å². The van der Waals surface area contributed by atoms with Crippen LogP contribution in [0, 0.1) is 11.8 Å². The first-order chi connectivity index (χ1) is 12.0. The molecule has 0 unspecified atom stereocenters. The standard InChI is InChI=1S/C21H27NOS2/c1-14(2)22(20(23)17-11-9-15(3)10-12-17)18-13-19(25-21(18)24)16-7-5-4-6-8-16/h4-8,13-15,17,24H,9-12H2,1-3H3/t15-,17-. The number of hydrogen-bond acceptors (Lipinski definition) is 3. The normalized spacial score (nSPS) is 20.7. The number of amides is 1. The number of thiol groups is 1. The lowest BCUT2D eigenvalue weighted by atomic mass is 9.82. The molecule has 3 rings (SSSR count). The molecule has 0 N–H and O–H groups in total. The van der Waals surface area contributed by atoms with E-state index < -0.39 is 0 Å². The fourth-order valence-electron chi connectivity index (χ4n) is 3.64. The van der Waals surface area contributed by atoms with Crippen LogP contribution in [0.25, 0.3) is 10.4 Å². The number of carbonyl (C=O) groups is 1. The molecule has 1 aromatic carbocycles. The van der Waals surface area contributed by atoms with Gasteiger partial charge in [0.25, 0.3) is 0 Å². The number of rotatable bonds is 4. The summed E-state index contributed by atoms with van der Waals surface area (Å²) in [6, 6.07) is 12.6. The Hall–Kier alpha value is -1.26. The first-order valence-corrected chi connectivity index (χ1v) is 10.4. The van der Waals surface area contributed by atoms with Gasteiger partial charge >= 0.3 is 0 Å². The quantitative estimate of drug-likeness (QED) is 0.626. The number of benzene rings is 1. The van der Waals surface area contributed by atoms with Crippen LogP contribution in [0.15, 0.2) is 40.6 Å². The van der Waals surface area contributed by atoms with Gasteiger partial charge in [0.15, 0.2) is 0 Å². The lowest BCUT2D eigenvalue weighted by Gasteiger charge is -2.33. The van der Waals surface area contributed by atoms with E-state index in [0.717, 1.165) is 46.4 Å². The van der Waals surface area contributed by atoms with Crippen LogP contribution in [0.4, 0.5) is 5.69 Å². The van der Waals surface area contributed by atoms with Crippen molar-refractivity contribution in [3.63, 3.8) is 0 Å². The SMILES string of the molecule is CC(C)N(c1cc(-c2ccccc2)sc1S)C(=O)[C@H]1CC[C@H](C)CC1. The highest BCUT2D eigenvalue weighted by Crippen LogP contribution is 2.41. The Labute approximate surface area is 160 Å². The Bertz CT molecular complexity index is 715. The maximum absolute atomic E-state index is 13.2. The molecule has 1 heterocycles. The first kappa shape index (κ1) is 18.5. The second kappa shape index (κ2) is 7.96. The lowest BCUT2D eigenvalue weighted by molar-refractivity contribution is -0.123. The summed E-state index contributed by atoms with van der Waals surface area (Å²) < 4.78 is 0.921. The molecule has 25 heavy (non-hydrogen) atoms. The average molecular weight is 374 g/mol. The number of anilines is 1. The van der Waals surface area contributed by atoms with Gasteiger partial charge in [-0.2, -0.15) is 0 Å². The Balaban J connectivity index is 1.88. The van der Waals surface area contributed by atoms with Crippen LogP contribution in [-0.2, 0) is 4.79 Å². The van der Waals surface area contributed by atoms with Crippen LogP contribution < -0.4 is 4.90 Å². The largest absolute Gasteiger partial charge is 0.308 e. The zero-order chi connectivity index (χ0) is 18.0. The summed E-state index contributed by atoms with van der Waals surface area (Å²) in [5.74, 6) is 1.18. The summed E-state index contributed by atoms with van der Waals surface area (Å²) in [6.45, 7) is 6.48. The second-order valence-electron chi connectivity index (χ2n) is 7.43. The third-order valence-electron chi connectivity index (χ3n) is 5.13. The number of nitrogens with zero attached hydrogens (tertiary/aromatic N) is 1. The summed E-state index contributed by atoms with van der Waals surface area (Å²) >= 11 is 6.35. The zero-order valence-corrected chi connectivity index (χ0v) is 16.9. The van der Waals surface area contributed by atoms with Crippen molar-refractivity contribution in [2.75, 3.05) is 4.90 Å². The molecular weight excluding hydrogens is 346 g/mol. The smallest absolute Gasteiger partial charge is 0.230 e. The molecule has 0 bridgehead atoms. The molecule has 1 fully saturated rings. The van der Waals surface area contributed by atoms with Gasteiger partial charge in [-0.15, -0.1) is 24.0 Å². The minimum absolute atomic E-state index is 0.135. The predicted molar refractivity (Wildman–Crippen MR) is 111 cm³/mol. The van der Waals surface area contributed by atoms with Crippen LogP contribution in [0.5, 0.6) is 0 Å². The van der Waals surface area contributed by atoms with Gasteiger partial charge in [-0.25, -0.2) is 0 Å². The summed E-state index contributed by atoms with van der Waals surface area (Å²) in [7, 11) is 0. The van der Waals surface area contributed by atoms with Crippen LogP contribution in [-0.4, -0.2) is 11.9 Å². The van der Waals surface area contributed by atoms with E-state index in [2.05, 4.69) is 39.0 Å². The maximum atomic E-state index is 13.2. The molecule has 1 saturated carbocycles. The van der Waals surface area contributed by atoms with Gasteiger partial charge in [0.05, 0.1) is 9.90 Å². The van der Waals surface area contributed by atoms with Gasteiger partial charge in [-0.3, -0.25) is 4.79 Å². The Morgan fingerprint density at radius 3 is 2.40 bits per heavy atom. The van der Waals surface area contributed by atoms with Crippen molar-refractivity contribution in [3.8, 4) is 10.4 Å². The van der Waals surface area contributed by atoms with Gasteiger partial charge in [-0.1, -0.05) is 37.3 Å². The molecule has 134 valence electrons. The van der Waals surface area contributed by atoms with Crippen molar-refractivity contribution in [2.24, 2.45) is 11.8 Å². The van der Waals surface area contributed by atoms with Crippen molar-refractivity contribution in [1.29, 1.82) is 0 Å². The van der Waals surface area contributed by atoms with Crippen molar-refractivity contribution in [3.05, 3.63) is 36.4 Å². The van der Waals surface area contributed by atoms with E-state index in [1.54, 1.807) is 11.3 Å². The molecule has 1 aromatic heterocycles. The lowest BCUT2D eigenvalue weighted by Crippen LogP contribution is -2.42. The Kier molecular flexibility index (Phi) is 5.90. The second-order valence-corrected chi connectivity index (χ2v) is 9.23. The molecule has 0 spiro atoms. The Morgan fingerprint density at radius 2 is 1.80 bits per heavy atom. The van der Waals surface area contributed by atoms with Gasteiger partial charge < -0.3 is 4.90 Å². The van der Waals surface area contributed by atoms with Gasteiger partial charge in [0, 0.05) is 16.8 Å². The third-order valence-corrected chi connectivity index (χ3v) is 6.61. The highest BCUT2D eigenvalue weighted by atomic mass is 32.2. The van der Waals surface area contributed by atoms with E-state index in [9.17, 15) is 4.79 Å². The summed E-state index contributed by atoms with van der Waals surface area (Å²) in [4.78, 5) is 16.4. The van der Waals surface area contributed by atoms with Crippen LogP contribution in [0.3, 0.4) is 0 Å². The molecule has 1 aliphatic carbocycles. The van der Waals surface area contributed by atoms with Crippen molar-refractivity contribution >= 4 is 35.6 Å². The van der Waals surface area contributed by atoms with Crippen molar-refractivity contribution in [2.45, 2.75) is 56.7 Å². The minimum atomic E-state index is 0.135. The van der Waals surface area contributed by atoms with E-state index in [1.165, 1.54) is 5.56 Å². The maximum Gasteiger partial charge on any atom is 0.230 e. The summed E-state index contributed by atoms with van der Waals surface area (Å²) in [5, 5.41) is 0. The minimum Gasteiger partial charge on any atom is -0.308 e. The zero-order valence-electron chi connectivity index (χ0n) is 15.2. The topological polar surface area (TPSA) is 20.3 Å². The fraction of sp³-hybridized carbons (Fsp3) is 0.476. The number of carbonyl (C=O) groups excluding carboxylic acids is 1. The fourth-order valence-corrected chi connectivity index (χ4v) is 5.01. The summed E-state index contributed by atoms with van der Waals surface area (Å²) in [5.41, 5.74) is 2.14. The Morgan fingerprint density at radius 1 is 1.16 bits per heavy atom. The monoisotopic (exact) mass is 373 g/mol. The van der Waals surface area contributed by atoms with Gasteiger partial charge in [0.2, 0.25) is 5.91 Å². The van der Waals surface area contributed by atoms with Crippen molar-refractivity contribution < 1.29 is 4.79 Å². The van der Waals surface area contributed by atoms with Crippen LogP contribution >= 0.6 is 24.0 Å².